The van der Waals surface area contributed by atoms with Gasteiger partial charge in [0.15, 0.2) is 0 Å². The fourth-order valence-corrected chi connectivity index (χ4v) is 3.92. The smallest absolute Gasteiger partial charge is 0.120 e. The van der Waals surface area contributed by atoms with Crippen LogP contribution in [0.4, 0.5) is 0 Å². The van der Waals surface area contributed by atoms with Crippen molar-refractivity contribution in [2.75, 3.05) is 45.8 Å². The molecule has 0 bridgehead atoms. The zero-order valence-electron chi connectivity index (χ0n) is 18.8. The van der Waals surface area contributed by atoms with Crippen molar-refractivity contribution in [3.05, 3.63) is 57.6 Å². The second kappa shape index (κ2) is 13.1. The summed E-state index contributed by atoms with van der Waals surface area (Å²) in [6, 6.07) is 10.4. The number of hydrogen-bond acceptors (Lipinski definition) is 5. The average molecular weight is 468 g/mol. The van der Waals surface area contributed by atoms with Crippen LogP contribution in [0.1, 0.15) is 31.9 Å². The van der Waals surface area contributed by atoms with E-state index >= 15 is 0 Å². The lowest BCUT2D eigenvalue weighted by Crippen LogP contribution is -2.39. The summed E-state index contributed by atoms with van der Waals surface area (Å²) in [5, 5.41) is 21.5. The first-order valence-electron chi connectivity index (χ1n) is 11.0. The minimum atomic E-state index is 0.290. The highest BCUT2D eigenvalue weighted by Crippen LogP contribution is 2.24. The molecule has 2 rings (SSSR count). The van der Waals surface area contributed by atoms with Gasteiger partial charge in [0, 0.05) is 60.4 Å². The predicted molar refractivity (Wildman–Crippen MR) is 130 cm³/mol. The molecule has 172 valence electrons. The van der Waals surface area contributed by atoms with Crippen LogP contribution < -0.4 is 0 Å². The predicted octanol–water partition coefficient (Wildman–Crippen LogP) is 5.07. The quantitative estimate of drug-likeness (QED) is 0.430. The Morgan fingerprint density at radius 1 is 0.613 bits per heavy atom. The van der Waals surface area contributed by atoms with Crippen molar-refractivity contribution in [1.82, 2.24) is 14.7 Å². The molecule has 0 heterocycles. The summed E-state index contributed by atoms with van der Waals surface area (Å²) >= 11 is 12.2. The van der Waals surface area contributed by atoms with Crippen LogP contribution in [-0.2, 0) is 13.1 Å². The number of phenolic OH excluding ortho intramolecular Hbond substituents is 2. The lowest BCUT2D eigenvalue weighted by Gasteiger charge is -2.29. The molecule has 0 spiro atoms. The molecule has 2 aromatic carbocycles. The lowest BCUT2D eigenvalue weighted by molar-refractivity contribution is 0.179. The van der Waals surface area contributed by atoms with Gasteiger partial charge in [0.05, 0.1) is 0 Å². The van der Waals surface area contributed by atoms with Crippen molar-refractivity contribution in [3.8, 4) is 11.5 Å². The lowest BCUT2D eigenvalue weighted by atomic mass is 10.2. The molecule has 0 aliphatic heterocycles. The molecule has 7 heteroatoms. The van der Waals surface area contributed by atoms with Crippen LogP contribution in [-0.4, -0.2) is 70.7 Å². The van der Waals surface area contributed by atoms with Crippen LogP contribution in [0.15, 0.2) is 36.4 Å². The van der Waals surface area contributed by atoms with Crippen molar-refractivity contribution in [1.29, 1.82) is 0 Å². The molecule has 0 saturated carbocycles. The van der Waals surface area contributed by atoms with Crippen LogP contribution >= 0.6 is 23.2 Å². The van der Waals surface area contributed by atoms with Gasteiger partial charge in [-0.2, -0.15) is 0 Å². The number of aromatic hydroxyl groups is 2. The van der Waals surface area contributed by atoms with Gasteiger partial charge >= 0.3 is 0 Å². The Morgan fingerprint density at radius 3 is 1.32 bits per heavy atom. The van der Waals surface area contributed by atoms with E-state index in [1.54, 1.807) is 24.3 Å². The summed E-state index contributed by atoms with van der Waals surface area (Å²) in [7, 11) is 0. The van der Waals surface area contributed by atoms with Crippen molar-refractivity contribution < 1.29 is 10.2 Å². The molecule has 0 fully saturated rings. The van der Waals surface area contributed by atoms with Crippen molar-refractivity contribution >= 4 is 23.2 Å². The maximum Gasteiger partial charge on any atom is 0.120 e. The third kappa shape index (κ3) is 8.51. The molecule has 0 saturated heterocycles. The molecule has 0 radical (unpaired) electrons. The van der Waals surface area contributed by atoms with Gasteiger partial charge in [-0.3, -0.25) is 9.80 Å². The first kappa shape index (κ1) is 25.8. The number of phenols is 2. The molecule has 2 N–H and O–H groups in total. The van der Waals surface area contributed by atoms with Gasteiger partial charge in [0.1, 0.15) is 11.5 Å². The van der Waals surface area contributed by atoms with Gasteiger partial charge in [-0.15, -0.1) is 0 Å². The summed E-state index contributed by atoms with van der Waals surface area (Å²) in [4.78, 5) is 7.06. The van der Waals surface area contributed by atoms with Crippen molar-refractivity contribution in [2.24, 2.45) is 0 Å². The molecule has 0 aliphatic rings. The van der Waals surface area contributed by atoms with E-state index in [1.807, 2.05) is 12.1 Å². The van der Waals surface area contributed by atoms with Gasteiger partial charge in [-0.05, 0) is 56.0 Å². The Morgan fingerprint density at radius 2 is 0.968 bits per heavy atom. The van der Waals surface area contributed by atoms with Crippen LogP contribution in [0, 0.1) is 0 Å². The summed E-state index contributed by atoms with van der Waals surface area (Å²) < 4.78 is 0. The van der Waals surface area contributed by atoms with E-state index in [0.717, 1.165) is 56.9 Å². The van der Waals surface area contributed by atoms with Crippen molar-refractivity contribution in [3.63, 3.8) is 0 Å². The van der Waals surface area contributed by atoms with E-state index in [0.29, 0.717) is 23.1 Å². The third-order valence-corrected chi connectivity index (χ3v) is 6.15. The molecule has 0 aromatic heterocycles. The standard InChI is InChI=1S/C24H35Cl2N3O2/c1-4-27(11-13-28(5-2)17-19-15-21(25)7-9-23(19)30)12-14-29(6-3)18-20-16-22(26)8-10-24(20)31/h7-10,15-16,30-31H,4-6,11-14,17-18H2,1-3H3. The minimum Gasteiger partial charge on any atom is -0.508 e. The Labute approximate surface area is 196 Å². The van der Waals surface area contributed by atoms with E-state index in [-0.39, 0.29) is 11.5 Å². The summed E-state index contributed by atoms with van der Waals surface area (Å²) in [5.41, 5.74) is 1.71. The fraction of sp³-hybridized carbons (Fsp3) is 0.500. The SMILES string of the molecule is CCN(CCN(CC)Cc1cc(Cl)ccc1O)CCN(CC)Cc1cc(Cl)ccc1O. The van der Waals surface area contributed by atoms with Crippen LogP contribution in [0.2, 0.25) is 10.0 Å². The number of likely N-dealkylation sites (N-methyl/N-ethyl adjacent to an activating group) is 3. The Hall–Kier alpha value is -1.50. The monoisotopic (exact) mass is 467 g/mol. The highest BCUT2D eigenvalue weighted by molar-refractivity contribution is 6.31. The molecule has 0 aliphatic carbocycles. The maximum absolute atomic E-state index is 10.1. The Kier molecular flexibility index (Phi) is 10.9. The summed E-state index contributed by atoms with van der Waals surface area (Å²) in [6.45, 7) is 14.3. The third-order valence-electron chi connectivity index (χ3n) is 5.68. The van der Waals surface area contributed by atoms with E-state index in [9.17, 15) is 10.2 Å². The van der Waals surface area contributed by atoms with Crippen LogP contribution in [0.3, 0.4) is 0 Å². The molecule has 2 aromatic rings. The van der Waals surface area contributed by atoms with Crippen LogP contribution in [0.5, 0.6) is 11.5 Å². The second-order valence-electron chi connectivity index (χ2n) is 7.72. The highest BCUT2D eigenvalue weighted by atomic mass is 35.5. The maximum atomic E-state index is 10.1. The van der Waals surface area contributed by atoms with E-state index in [4.69, 9.17) is 23.2 Å². The molecule has 5 nitrogen and oxygen atoms in total. The summed E-state index contributed by atoms with van der Waals surface area (Å²) in [6.07, 6.45) is 0. The molecule has 0 unspecified atom stereocenters. The molecule has 31 heavy (non-hydrogen) atoms. The zero-order valence-corrected chi connectivity index (χ0v) is 20.3. The highest BCUT2D eigenvalue weighted by Gasteiger charge is 2.13. The van der Waals surface area contributed by atoms with E-state index < -0.39 is 0 Å². The average Bonchev–Trinajstić information content (AvgIpc) is 2.76. The minimum absolute atomic E-state index is 0.290. The summed E-state index contributed by atoms with van der Waals surface area (Å²) in [5.74, 6) is 0.580. The van der Waals surface area contributed by atoms with E-state index in [1.165, 1.54) is 0 Å². The van der Waals surface area contributed by atoms with Gasteiger partial charge in [-0.25, -0.2) is 0 Å². The first-order chi connectivity index (χ1) is 14.9. The number of benzene rings is 2. The van der Waals surface area contributed by atoms with Gasteiger partial charge < -0.3 is 15.1 Å². The largest absolute Gasteiger partial charge is 0.508 e. The number of halogens is 2. The Balaban J connectivity index is 1.86. The van der Waals surface area contributed by atoms with Gasteiger partial charge in [0.25, 0.3) is 0 Å². The molecule has 0 amide bonds. The normalized spacial score (nSPS) is 11.7. The van der Waals surface area contributed by atoms with Crippen molar-refractivity contribution in [2.45, 2.75) is 33.9 Å². The fourth-order valence-electron chi connectivity index (χ4n) is 3.53. The first-order valence-corrected chi connectivity index (χ1v) is 11.7. The van der Waals surface area contributed by atoms with E-state index in [2.05, 4.69) is 35.5 Å². The molecular weight excluding hydrogens is 433 g/mol. The number of nitrogens with zero attached hydrogens (tertiary/aromatic N) is 3. The number of rotatable bonds is 13. The van der Waals surface area contributed by atoms with Gasteiger partial charge in [-0.1, -0.05) is 44.0 Å². The topological polar surface area (TPSA) is 50.2 Å². The molecular formula is C24H35Cl2N3O2. The zero-order chi connectivity index (χ0) is 22.8. The van der Waals surface area contributed by atoms with Crippen LogP contribution in [0.25, 0.3) is 0 Å². The number of hydrogen-bond donors (Lipinski definition) is 2. The molecule has 0 atom stereocenters. The van der Waals surface area contributed by atoms with Gasteiger partial charge in [0.2, 0.25) is 0 Å². The Bertz CT molecular complexity index is 754. The second-order valence-corrected chi connectivity index (χ2v) is 8.59.